The molecule has 0 radical (unpaired) electrons. The first-order valence-electron chi connectivity index (χ1n) is 12.1. The first kappa shape index (κ1) is 27.7. The Hall–Kier alpha value is -1.50. The summed E-state index contributed by atoms with van der Waals surface area (Å²) in [6, 6.07) is 0. The average Bonchev–Trinajstić information content (AvgIpc) is 2.71. The van der Waals surface area contributed by atoms with E-state index in [0.29, 0.717) is 17.6 Å². The second-order valence-corrected chi connectivity index (χ2v) is 11.2. The average molecular weight is 461 g/mol. The van der Waals surface area contributed by atoms with Crippen molar-refractivity contribution in [2.24, 2.45) is 5.41 Å². The molecule has 2 aliphatic rings. The standard InChI is InChI=1S/C28H44O5/c1-27(2,3)13-7-9-19-15-23(29)17-21(25(19)31)11-12-22-18-24(30)16-20(26(22)32)10-8-14-28(4,5)33-6/h11-12,15-18,23-26,29-32H,7-10,13-14H2,1-6H3/b12-11-. The molecule has 5 heteroatoms. The fourth-order valence-electron chi connectivity index (χ4n) is 4.29. The van der Waals surface area contributed by atoms with Crippen molar-refractivity contribution in [3.05, 3.63) is 58.7 Å². The summed E-state index contributed by atoms with van der Waals surface area (Å²) in [5, 5.41) is 42.2. The van der Waals surface area contributed by atoms with Crippen LogP contribution in [0, 0.1) is 5.41 Å². The number of ether oxygens (including phenoxy) is 1. The van der Waals surface area contributed by atoms with Crippen LogP contribution in [0.25, 0.3) is 0 Å². The minimum absolute atomic E-state index is 0.222. The quantitative estimate of drug-likeness (QED) is 0.360. The Morgan fingerprint density at radius 1 is 0.727 bits per heavy atom. The maximum Gasteiger partial charge on any atom is 0.1000 e. The molecule has 4 atom stereocenters. The van der Waals surface area contributed by atoms with E-state index >= 15 is 0 Å². The van der Waals surface area contributed by atoms with Gasteiger partial charge >= 0.3 is 0 Å². The van der Waals surface area contributed by atoms with Crippen molar-refractivity contribution in [3.63, 3.8) is 0 Å². The third-order valence-corrected chi connectivity index (χ3v) is 6.49. The molecule has 0 spiro atoms. The van der Waals surface area contributed by atoms with Gasteiger partial charge in [-0.25, -0.2) is 0 Å². The normalized spacial score (nSPS) is 26.7. The lowest BCUT2D eigenvalue weighted by molar-refractivity contribution is 0.0137. The van der Waals surface area contributed by atoms with E-state index in [1.165, 1.54) is 0 Å². The Morgan fingerprint density at radius 2 is 1.15 bits per heavy atom. The van der Waals surface area contributed by atoms with E-state index in [1.807, 2.05) is 13.8 Å². The van der Waals surface area contributed by atoms with Crippen LogP contribution in [0.1, 0.15) is 73.1 Å². The van der Waals surface area contributed by atoms with Crippen LogP contribution < -0.4 is 0 Å². The van der Waals surface area contributed by atoms with Crippen molar-refractivity contribution in [3.8, 4) is 0 Å². The van der Waals surface area contributed by atoms with E-state index in [2.05, 4.69) is 20.8 Å². The zero-order chi connectivity index (χ0) is 24.8. The van der Waals surface area contributed by atoms with E-state index in [0.717, 1.165) is 43.3 Å². The first-order chi connectivity index (χ1) is 15.3. The van der Waals surface area contributed by atoms with Crippen LogP contribution in [0.15, 0.2) is 58.7 Å². The van der Waals surface area contributed by atoms with Crippen molar-refractivity contribution in [1.82, 2.24) is 0 Å². The Labute approximate surface area is 199 Å². The monoisotopic (exact) mass is 460 g/mol. The summed E-state index contributed by atoms with van der Waals surface area (Å²) in [5.74, 6) is 0. The molecule has 0 saturated carbocycles. The predicted molar refractivity (Wildman–Crippen MR) is 134 cm³/mol. The Balaban J connectivity index is 2.02. The van der Waals surface area contributed by atoms with Crippen LogP contribution in [0.3, 0.4) is 0 Å². The van der Waals surface area contributed by atoms with Gasteiger partial charge in [0, 0.05) is 7.11 Å². The zero-order valence-corrected chi connectivity index (χ0v) is 21.2. The maximum atomic E-state index is 10.9. The second kappa shape index (κ2) is 11.8. The Kier molecular flexibility index (Phi) is 9.89. The number of aliphatic hydroxyl groups is 4. The molecule has 2 aliphatic carbocycles. The summed E-state index contributed by atoms with van der Waals surface area (Å²) in [4.78, 5) is 0. The molecule has 4 N–H and O–H groups in total. The van der Waals surface area contributed by atoms with E-state index in [9.17, 15) is 20.4 Å². The third kappa shape index (κ3) is 8.99. The molecule has 0 aromatic carbocycles. The minimum atomic E-state index is -0.802. The second-order valence-electron chi connectivity index (χ2n) is 11.2. The Morgan fingerprint density at radius 3 is 1.55 bits per heavy atom. The van der Waals surface area contributed by atoms with Gasteiger partial charge in [-0.3, -0.25) is 0 Å². The van der Waals surface area contributed by atoms with Crippen LogP contribution in [0.5, 0.6) is 0 Å². The van der Waals surface area contributed by atoms with Crippen molar-refractivity contribution >= 4 is 0 Å². The van der Waals surface area contributed by atoms with E-state index in [-0.39, 0.29) is 11.0 Å². The Bertz CT molecular complexity index is 807. The molecule has 0 heterocycles. The van der Waals surface area contributed by atoms with Crippen LogP contribution in [-0.2, 0) is 4.74 Å². The van der Waals surface area contributed by atoms with E-state index in [4.69, 9.17) is 4.74 Å². The number of rotatable bonds is 10. The molecule has 0 aromatic rings. The van der Waals surface area contributed by atoms with Gasteiger partial charge < -0.3 is 25.2 Å². The lowest BCUT2D eigenvalue weighted by Gasteiger charge is -2.26. The molecular weight excluding hydrogens is 416 g/mol. The van der Waals surface area contributed by atoms with E-state index < -0.39 is 24.4 Å². The first-order valence-corrected chi connectivity index (χ1v) is 12.1. The molecule has 0 saturated heterocycles. The van der Waals surface area contributed by atoms with Gasteiger partial charge in [0.2, 0.25) is 0 Å². The fraction of sp³-hybridized carbons (Fsp3) is 0.643. The predicted octanol–water partition coefficient (Wildman–Crippen LogP) is 4.53. The van der Waals surface area contributed by atoms with Crippen LogP contribution >= 0.6 is 0 Å². The SMILES string of the molecule is COC(C)(C)CCCC1=CC(O)C=C(/C=C\C2=CC(O)C=C(CCCC(C)(C)C)C2O)C1O. The maximum absolute atomic E-state index is 10.9. The van der Waals surface area contributed by atoms with Crippen molar-refractivity contribution < 1.29 is 25.2 Å². The largest absolute Gasteiger partial charge is 0.385 e. The van der Waals surface area contributed by atoms with Gasteiger partial charge in [0.05, 0.1) is 30.0 Å². The lowest BCUT2D eigenvalue weighted by Crippen LogP contribution is -2.24. The molecular formula is C28H44O5. The molecule has 0 amide bonds. The van der Waals surface area contributed by atoms with Gasteiger partial charge in [0.15, 0.2) is 0 Å². The summed E-state index contributed by atoms with van der Waals surface area (Å²) in [5.41, 5.74) is 2.83. The summed E-state index contributed by atoms with van der Waals surface area (Å²) < 4.78 is 5.46. The molecule has 4 unspecified atom stereocenters. The van der Waals surface area contributed by atoms with Gasteiger partial charge in [-0.15, -0.1) is 0 Å². The fourth-order valence-corrected chi connectivity index (χ4v) is 4.29. The molecule has 186 valence electrons. The number of hydrogen-bond donors (Lipinski definition) is 4. The topological polar surface area (TPSA) is 90.2 Å². The molecule has 5 nitrogen and oxygen atoms in total. The van der Waals surface area contributed by atoms with Crippen LogP contribution in [-0.4, -0.2) is 57.6 Å². The van der Waals surface area contributed by atoms with Crippen molar-refractivity contribution in [1.29, 1.82) is 0 Å². The molecule has 0 bridgehead atoms. The molecule has 0 aliphatic heterocycles. The highest BCUT2D eigenvalue weighted by Gasteiger charge is 2.24. The smallest absolute Gasteiger partial charge is 0.1000 e. The minimum Gasteiger partial charge on any atom is -0.385 e. The van der Waals surface area contributed by atoms with Crippen LogP contribution in [0.4, 0.5) is 0 Å². The molecule has 0 fully saturated rings. The number of aliphatic hydroxyl groups excluding tert-OH is 4. The zero-order valence-electron chi connectivity index (χ0n) is 21.2. The van der Waals surface area contributed by atoms with Gasteiger partial charge in [0.1, 0.15) is 0 Å². The third-order valence-electron chi connectivity index (χ3n) is 6.49. The van der Waals surface area contributed by atoms with Crippen molar-refractivity contribution in [2.45, 2.75) is 103 Å². The summed E-state index contributed by atoms with van der Waals surface area (Å²) in [6.45, 7) is 10.7. The summed E-state index contributed by atoms with van der Waals surface area (Å²) in [6.07, 6.45) is 12.1. The molecule has 2 rings (SSSR count). The van der Waals surface area contributed by atoms with Gasteiger partial charge in [0.25, 0.3) is 0 Å². The summed E-state index contributed by atoms with van der Waals surface area (Å²) >= 11 is 0. The highest BCUT2D eigenvalue weighted by Crippen LogP contribution is 2.30. The summed E-state index contributed by atoms with van der Waals surface area (Å²) in [7, 11) is 1.70. The van der Waals surface area contributed by atoms with E-state index in [1.54, 1.807) is 43.6 Å². The van der Waals surface area contributed by atoms with Crippen LogP contribution in [0.2, 0.25) is 0 Å². The molecule has 0 aromatic heterocycles. The highest BCUT2D eigenvalue weighted by molar-refractivity contribution is 5.44. The lowest BCUT2D eigenvalue weighted by atomic mass is 9.85. The number of hydrogen-bond acceptors (Lipinski definition) is 5. The number of methoxy groups -OCH3 is 1. The van der Waals surface area contributed by atoms with Gasteiger partial charge in [-0.05, 0) is 92.2 Å². The van der Waals surface area contributed by atoms with Crippen molar-refractivity contribution in [2.75, 3.05) is 7.11 Å². The highest BCUT2D eigenvalue weighted by atomic mass is 16.5. The van der Waals surface area contributed by atoms with Gasteiger partial charge in [-0.1, -0.05) is 45.1 Å². The van der Waals surface area contributed by atoms with Gasteiger partial charge in [-0.2, -0.15) is 0 Å². The molecule has 33 heavy (non-hydrogen) atoms.